The lowest BCUT2D eigenvalue weighted by Crippen LogP contribution is -2.23. The Morgan fingerprint density at radius 2 is 2.06 bits per heavy atom. The Morgan fingerprint density at radius 1 is 1.35 bits per heavy atom. The van der Waals surface area contributed by atoms with Crippen LogP contribution in [0.25, 0.3) is 0 Å². The Labute approximate surface area is 102 Å². The van der Waals surface area contributed by atoms with Crippen molar-refractivity contribution in [1.29, 1.82) is 5.26 Å². The topological polar surface area (TPSA) is 39.9 Å². The quantitative estimate of drug-likeness (QED) is 0.740. The predicted molar refractivity (Wildman–Crippen MR) is 66.7 cm³/mol. The average molecular weight is 227 g/mol. The molecule has 2 atom stereocenters. The van der Waals surface area contributed by atoms with Crippen molar-refractivity contribution < 1.29 is 0 Å². The largest absolute Gasteiger partial charge is 0.355 e. The van der Waals surface area contributed by atoms with E-state index >= 15 is 0 Å². The van der Waals surface area contributed by atoms with Gasteiger partial charge in [0.2, 0.25) is 0 Å². The number of hydrogen-bond donors (Lipinski definition) is 0. The van der Waals surface area contributed by atoms with Crippen LogP contribution in [0.2, 0.25) is 0 Å². The smallest absolute Gasteiger partial charge is 0.146 e. The number of hydrogen-bond acceptors (Lipinski definition) is 3. The molecule has 1 aliphatic heterocycles. The van der Waals surface area contributed by atoms with Gasteiger partial charge in [-0.1, -0.05) is 6.42 Å². The highest BCUT2D eigenvalue weighted by atomic mass is 15.2. The molecule has 1 aliphatic carbocycles. The highest BCUT2D eigenvalue weighted by Gasteiger charge is 2.37. The molecule has 2 unspecified atom stereocenters. The summed E-state index contributed by atoms with van der Waals surface area (Å²) in [7, 11) is 0. The Kier molecular flexibility index (Phi) is 2.51. The molecule has 3 nitrogen and oxygen atoms in total. The molecular formula is C14H17N3. The van der Waals surface area contributed by atoms with Crippen LogP contribution in [0.4, 0.5) is 5.82 Å². The lowest BCUT2D eigenvalue weighted by molar-refractivity contribution is 0.494. The summed E-state index contributed by atoms with van der Waals surface area (Å²) in [6.45, 7) is 4.17. The zero-order chi connectivity index (χ0) is 11.8. The van der Waals surface area contributed by atoms with Crippen LogP contribution in [0.3, 0.4) is 0 Å². The Bertz CT molecular complexity index is 463. The van der Waals surface area contributed by atoms with E-state index < -0.39 is 0 Å². The summed E-state index contributed by atoms with van der Waals surface area (Å²) in [5, 5.41) is 9.25. The van der Waals surface area contributed by atoms with E-state index in [1.54, 1.807) is 0 Å². The number of nitriles is 1. The Balaban J connectivity index is 1.91. The first-order valence-corrected chi connectivity index (χ1v) is 6.40. The molecule has 1 saturated heterocycles. The van der Waals surface area contributed by atoms with Crippen LogP contribution < -0.4 is 4.90 Å². The highest BCUT2D eigenvalue weighted by molar-refractivity contribution is 5.57. The minimum Gasteiger partial charge on any atom is -0.355 e. The molecule has 2 fully saturated rings. The molecule has 1 aromatic rings. The van der Waals surface area contributed by atoms with Crippen LogP contribution in [0.5, 0.6) is 0 Å². The average Bonchev–Trinajstić information content (AvgIpc) is 2.88. The van der Waals surface area contributed by atoms with E-state index in [9.17, 15) is 5.26 Å². The third kappa shape index (κ3) is 1.68. The van der Waals surface area contributed by atoms with Crippen LogP contribution in [0, 0.1) is 30.1 Å². The van der Waals surface area contributed by atoms with E-state index in [-0.39, 0.29) is 0 Å². The SMILES string of the molecule is Cc1ccnc(N2CC3CCCC3C2)c1C#N. The Hall–Kier alpha value is -1.56. The van der Waals surface area contributed by atoms with Crippen LogP contribution >= 0.6 is 0 Å². The van der Waals surface area contributed by atoms with E-state index in [1.165, 1.54) is 19.3 Å². The molecule has 0 spiro atoms. The predicted octanol–water partition coefficient (Wildman–Crippen LogP) is 2.50. The number of fused-ring (bicyclic) bond motifs is 1. The van der Waals surface area contributed by atoms with Crippen LogP contribution in [-0.2, 0) is 0 Å². The monoisotopic (exact) mass is 227 g/mol. The van der Waals surface area contributed by atoms with Gasteiger partial charge in [-0.05, 0) is 43.2 Å². The van der Waals surface area contributed by atoms with Crippen molar-refractivity contribution in [1.82, 2.24) is 4.98 Å². The molecule has 0 radical (unpaired) electrons. The summed E-state index contributed by atoms with van der Waals surface area (Å²) in [5.41, 5.74) is 1.79. The van der Waals surface area contributed by atoms with Gasteiger partial charge >= 0.3 is 0 Å². The molecule has 88 valence electrons. The normalized spacial score (nSPS) is 26.9. The second kappa shape index (κ2) is 4.03. The fourth-order valence-electron chi connectivity index (χ4n) is 3.33. The van der Waals surface area contributed by atoms with Gasteiger partial charge in [0, 0.05) is 19.3 Å². The zero-order valence-corrected chi connectivity index (χ0v) is 10.2. The third-order valence-electron chi connectivity index (χ3n) is 4.28. The number of anilines is 1. The van der Waals surface area contributed by atoms with E-state index in [2.05, 4.69) is 16.0 Å². The lowest BCUT2D eigenvalue weighted by atomic mass is 10.0. The summed E-state index contributed by atoms with van der Waals surface area (Å²) < 4.78 is 0. The first-order chi connectivity index (χ1) is 8.29. The first-order valence-electron chi connectivity index (χ1n) is 6.40. The van der Waals surface area contributed by atoms with Crippen LogP contribution in [0.1, 0.15) is 30.4 Å². The van der Waals surface area contributed by atoms with E-state index in [4.69, 9.17) is 0 Å². The minimum atomic E-state index is 0.757. The van der Waals surface area contributed by atoms with Crippen molar-refractivity contribution in [2.75, 3.05) is 18.0 Å². The third-order valence-corrected chi connectivity index (χ3v) is 4.28. The Morgan fingerprint density at radius 3 is 2.71 bits per heavy atom. The van der Waals surface area contributed by atoms with Gasteiger partial charge in [0.05, 0.1) is 5.56 Å². The van der Waals surface area contributed by atoms with Gasteiger partial charge in [-0.25, -0.2) is 4.98 Å². The van der Waals surface area contributed by atoms with Gasteiger partial charge < -0.3 is 4.90 Å². The van der Waals surface area contributed by atoms with Gasteiger partial charge in [-0.15, -0.1) is 0 Å². The van der Waals surface area contributed by atoms with E-state index in [0.717, 1.165) is 41.9 Å². The summed E-state index contributed by atoms with van der Waals surface area (Å²) in [5.74, 6) is 2.58. The molecule has 2 aliphatic rings. The molecule has 0 amide bonds. The molecule has 3 heteroatoms. The first kappa shape index (κ1) is 10.6. The molecule has 17 heavy (non-hydrogen) atoms. The summed E-state index contributed by atoms with van der Waals surface area (Å²) in [4.78, 5) is 6.74. The molecule has 0 N–H and O–H groups in total. The standard InChI is InChI=1S/C14H17N3/c1-10-5-6-16-14(13(10)7-15)17-8-11-3-2-4-12(11)9-17/h5-6,11-12H,2-4,8-9H2,1H3. The van der Waals surface area contributed by atoms with Gasteiger partial charge in [0.15, 0.2) is 0 Å². The molecule has 3 rings (SSSR count). The van der Waals surface area contributed by atoms with Crippen molar-refractivity contribution >= 4 is 5.82 Å². The molecule has 1 saturated carbocycles. The van der Waals surface area contributed by atoms with Gasteiger partial charge in [-0.3, -0.25) is 0 Å². The minimum absolute atomic E-state index is 0.757. The molecular weight excluding hydrogens is 210 g/mol. The number of nitrogens with zero attached hydrogens (tertiary/aromatic N) is 3. The van der Waals surface area contributed by atoms with Crippen LogP contribution in [0.15, 0.2) is 12.3 Å². The number of pyridine rings is 1. The van der Waals surface area contributed by atoms with Crippen molar-refractivity contribution in [2.24, 2.45) is 11.8 Å². The van der Waals surface area contributed by atoms with Crippen molar-refractivity contribution in [3.8, 4) is 6.07 Å². The molecule has 0 aromatic carbocycles. The number of rotatable bonds is 1. The molecule has 2 heterocycles. The van der Waals surface area contributed by atoms with Crippen molar-refractivity contribution in [3.63, 3.8) is 0 Å². The van der Waals surface area contributed by atoms with E-state index in [1.807, 2.05) is 19.2 Å². The number of aryl methyl sites for hydroxylation is 1. The summed E-state index contributed by atoms with van der Waals surface area (Å²) >= 11 is 0. The molecule has 1 aromatic heterocycles. The fraction of sp³-hybridized carbons (Fsp3) is 0.571. The van der Waals surface area contributed by atoms with E-state index in [0.29, 0.717) is 0 Å². The van der Waals surface area contributed by atoms with Crippen molar-refractivity contribution in [2.45, 2.75) is 26.2 Å². The van der Waals surface area contributed by atoms with Gasteiger partial charge in [0.25, 0.3) is 0 Å². The summed E-state index contributed by atoms with van der Waals surface area (Å²) in [6, 6.07) is 4.22. The van der Waals surface area contributed by atoms with Gasteiger partial charge in [-0.2, -0.15) is 5.26 Å². The molecule has 0 bridgehead atoms. The number of aromatic nitrogens is 1. The van der Waals surface area contributed by atoms with Crippen molar-refractivity contribution in [3.05, 3.63) is 23.4 Å². The second-order valence-electron chi connectivity index (χ2n) is 5.29. The summed E-state index contributed by atoms with van der Waals surface area (Å²) in [6.07, 6.45) is 5.92. The second-order valence-corrected chi connectivity index (χ2v) is 5.29. The van der Waals surface area contributed by atoms with Crippen LogP contribution in [-0.4, -0.2) is 18.1 Å². The fourth-order valence-corrected chi connectivity index (χ4v) is 3.33. The zero-order valence-electron chi connectivity index (χ0n) is 10.2. The van der Waals surface area contributed by atoms with Gasteiger partial charge in [0.1, 0.15) is 11.9 Å². The maximum absolute atomic E-state index is 9.25. The maximum Gasteiger partial charge on any atom is 0.146 e. The maximum atomic E-state index is 9.25. The highest BCUT2D eigenvalue weighted by Crippen LogP contribution is 2.39. The lowest BCUT2D eigenvalue weighted by Gasteiger charge is -2.20.